The summed E-state index contributed by atoms with van der Waals surface area (Å²) in [6, 6.07) is 6.75. The van der Waals surface area contributed by atoms with E-state index in [0.29, 0.717) is 36.4 Å². The summed E-state index contributed by atoms with van der Waals surface area (Å²) in [5.74, 6) is -2.28. The van der Waals surface area contributed by atoms with Crippen LogP contribution in [0, 0.1) is 23.2 Å². The Balaban J connectivity index is 2.23. The number of carbonyl (C=O) groups excluding carboxylic acids is 1. The molecular formula is C17H18N2O4. The second-order valence-electron chi connectivity index (χ2n) is 5.24. The highest BCUT2D eigenvalue weighted by Gasteiger charge is 2.34. The van der Waals surface area contributed by atoms with Crippen LogP contribution in [0.5, 0.6) is 5.75 Å². The number of carboxylic acids is 1. The highest BCUT2D eigenvalue weighted by molar-refractivity contribution is 5.96. The van der Waals surface area contributed by atoms with Gasteiger partial charge in [-0.2, -0.15) is 5.26 Å². The first-order valence-electron chi connectivity index (χ1n) is 7.42. The number of allylic oxidation sites excluding steroid dienone is 2. The van der Waals surface area contributed by atoms with Gasteiger partial charge in [0.2, 0.25) is 5.91 Å². The Morgan fingerprint density at radius 1 is 1.35 bits per heavy atom. The summed E-state index contributed by atoms with van der Waals surface area (Å²) in [7, 11) is 0. The minimum absolute atomic E-state index is 0.337. The van der Waals surface area contributed by atoms with Crippen LogP contribution in [0.1, 0.15) is 25.3 Å². The second kappa shape index (κ2) is 7.45. The molecule has 1 aliphatic carbocycles. The Labute approximate surface area is 134 Å². The SMILES string of the molecule is CCOc1ccc(C#N)cc1NC(=O)[C@@H]1CC=CC[C@H]1C(=O)O. The number of carboxylic acid groups (broad SMARTS) is 1. The van der Waals surface area contributed by atoms with Crippen molar-refractivity contribution < 1.29 is 19.4 Å². The zero-order valence-corrected chi connectivity index (χ0v) is 12.8. The summed E-state index contributed by atoms with van der Waals surface area (Å²) in [4.78, 5) is 23.8. The van der Waals surface area contributed by atoms with Crippen LogP contribution in [0.25, 0.3) is 0 Å². The standard InChI is InChI=1S/C17H18N2O4/c1-2-23-15-8-7-11(10-18)9-14(15)19-16(20)12-5-3-4-6-13(12)17(21)22/h3-4,7-9,12-13H,2,5-6H2,1H3,(H,19,20)(H,21,22)/t12-,13-/m1/s1. The Morgan fingerprint density at radius 3 is 2.65 bits per heavy atom. The predicted octanol–water partition coefficient (Wildman–Crippen LogP) is 2.56. The highest BCUT2D eigenvalue weighted by atomic mass is 16.5. The molecule has 120 valence electrons. The van der Waals surface area contributed by atoms with Crippen molar-refractivity contribution in [1.82, 2.24) is 0 Å². The summed E-state index contributed by atoms with van der Waals surface area (Å²) in [5.41, 5.74) is 0.775. The number of hydrogen-bond donors (Lipinski definition) is 2. The quantitative estimate of drug-likeness (QED) is 0.814. The number of anilines is 1. The van der Waals surface area contributed by atoms with Crippen LogP contribution in [-0.4, -0.2) is 23.6 Å². The van der Waals surface area contributed by atoms with Crippen LogP contribution in [-0.2, 0) is 9.59 Å². The van der Waals surface area contributed by atoms with Gasteiger partial charge in [0.1, 0.15) is 5.75 Å². The van der Waals surface area contributed by atoms with Crippen LogP contribution in [0.4, 0.5) is 5.69 Å². The molecule has 1 aliphatic rings. The lowest BCUT2D eigenvalue weighted by Gasteiger charge is -2.24. The summed E-state index contributed by atoms with van der Waals surface area (Å²) in [6.07, 6.45) is 4.32. The Bertz CT molecular complexity index is 676. The van der Waals surface area contributed by atoms with Gasteiger partial charge in [0.15, 0.2) is 0 Å². The lowest BCUT2D eigenvalue weighted by Crippen LogP contribution is -2.34. The van der Waals surface area contributed by atoms with Crippen molar-refractivity contribution >= 4 is 17.6 Å². The summed E-state index contributed by atoms with van der Waals surface area (Å²) < 4.78 is 5.44. The number of carbonyl (C=O) groups is 2. The number of nitriles is 1. The van der Waals surface area contributed by atoms with E-state index in [-0.39, 0.29) is 5.91 Å². The van der Waals surface area contributed by atoms with E-state index in [9.17, 15) is 14.7 Å². The van der Waals surface area contributed by atoms with Crippen LogP contribution in [0.3, 0.4) is 0 Å². The number of aliphatic carboxylic acids is 1. The third-order valence-corrected chi connectivity index (χ3v) is 3.75. The number of benzene rings is 1. The molecule has 0 aromatic heterocycles. The van der Waals surface area contributed by atoms with Crippen molar-refractivity contribution in [3.8, 4) is 11.8 Å². The van der Waals surface area contributed by atoms with Gasteiger partial charge >= 0.3 is 5.97 Å². The number of ether oxygens (including phenoxy) is 1. The molecule has 0 radical (unpaired) electrons. The number of amides is 1. The first kappa shape index (κ1) is 16.6. The van der Waals surface area contributed by atoms with Crippen LogP contribution in [0.2, 0.25) is 0 Å². The lowest BCUT2D eigenvalue weighted by atomic mass is 9.82. The van der Waals surface area contributed by atoms with E-state index in [4.69, 9.17) is 10.00 Å². The fourth-order valence-electron chi connectivity index (χ4n) is 2.58. The summed E-state index contributed by atoms with van der Waals surface area (Å²) in [5, 5.41) is 21.0. The largest absolute Gasteiger partial charge is 0.492 e. The van der Waals surface area contributed by atoms with E-state index >= 15 is 0 Å². The van der Waals surface area contributed by atoms with E-state index in [0.717, 1.165) is 0 Å². The van der Waals surface area contributed by atoms with Crippen molar-refractivity contribution in [2.45, 2.75) is 19.8 Å². The molecule has 0 aliphatic heterocycles. The van der Waals surface area contributed by atoms with Crippen LogP contribution < -0.4 is 10.1 Å². The Hall–Kier alpha value is -2.81. The predicted molar refractivity (Wildman–Crippen MR) is 83.9 cm³/mol. The second-order valence-corrected chi connectivity index (χ2v) is 5.24. The topological polar surface area (TPSA) is 99.4 Å². The van der Waals surface area contributed by atoms with Gasteiger partial charge in [-0.1, -0.05) is 12.2 Å². The van der Waals surface area contributed by atoms with Crippen molar-refractivity contribution in [2.75, 3.05) is 11.9 Å². The van der Waals surface area contributed by atoms with E-state index < -0.39 is 17.8 Å². The average Bonchev–Trinajstić information content (AvgIpc) is 2.56. The average molecular weight is 314 g/mol. The summed E-state index contributed by atoms with van der Waals surface area (Å²) in [6.45, 7) is 2.23. The molecule has 6 nitrogen and oxygen atoms in total. The molecule has 1 amide bonds. The number of rotatable bonds is 5. The van der Waals surface area contributed by atoms with Gasteiger partial charge in [0.05, 0.1) is 35.8 Å². The molecule has 2 rings (SSSR count). The van der Waals surface area contributed by atoms with Crippen molar-refractivity contribution in [3.63, 3.8) is 0 Å². The number of nitrogens with zero attached hydrogens (tertiary/aromatic N) is 1. The molecule has 1 aromatic carbocycles. The maximum atomic E-state index is 12.5. The maximum absolute atomic E-state index is 12.5. The highest BCUT2D eigenvalue weighted by Crippen LogP contribution is 2.30. The van der Waals surface area contributed by atoms with Crippen molar-refractivity contribution in [2.24, 2.45) is 11.8 Å². The lowest BCUT2D eigenvalue weighted by molar-refractivity contribution is -0.146. The molecule has 0 unspecified atom stereocenters. The van der Waals surface area contributed by atoms with Crippen LogP contribution >= 0.6 is 0 Å². The first-order chi connectivity index (χ1) is 11.1. The third-order valence-electron chi connectivity index (χ3n) is 3.75. The van der Waals surface area contributed by atoms with Gasteiger partial charge in [-0.15, -0.1) is 0 Å². The van der Waals surface area contributed by atoms with E-state index in [1.165, 1.54) is 6.07 Å². The minimum Gasteiger partial charge on any atom is -0.492 e. The first-order valence-corrected chi connectivity index (χ1v) is 7.42. The molecule has 0 spiro atoms. The fourth-order valence-corrected chi connectivity index (χ4v) is 2.58. The Morgan fingerprint density at radius 2 is 2.04 bits per heavy atom. The molecule has 1 aromatic rings. The smallest absolute Gasteiger partial charge is 0.307 e. The van der Waals surface area contributed by atoms with Crippen molar-refractivity contribution in [3.05, 3.63) is 35.9 Å². The fraction of sp³-hybridized carbons (Fsp3) is 0.353. The number of hydrogen-bond acceptors (Lipinski definition) is 4. The zero-order chi connectivity index (χ0) is 16.8. The van der Waals surface area contributed by atoms with E-state index in [2.05, 4.69) is 5.32 Å². The molecule has 0 bridgehead atoms. The molecule has 2 N–H and O–H groups in total. The Kier molecular flexibility index (Phi) is 5.36. The molecule has 23 heavy (non-hydrogen) atoms. The number of nitrogens with one attached hydrogen (secondary N) is 1. The minimum atomic E-state index is -0.981. The molecule has 6 heteroatoms. The monoisotopic (exact) mass is 314 g/mol. The van der Waals surface area contributed by atoms with Gasteiger partial charge in [-0.3, -0.25) is 9.59 Å². The van der Waals surface area contributed by atoms with Gasteiger partial charge in [0, 0.05) is 0 Å². The van der Waals surface area contributed by atoms with Crippen molar-refractivity contribution in [1.29, 1.82) is 5.26 Å². The zero-order valence-electron chi connectivity index (χ0n) is 12.8. The molecule has 0 fully saturated rings. The summed E-state index contributed by atoms with van der Waals surface area (Å²) >= 11 is 0. The normalized spacial score (nSPS) is 19.7. The van der Waals surface area contributed by atoms with Gasteiger partial charge < -0.3 is 15.2 Å². The van der Waals surface area contributed by atoms with E-state index in [1.54, 1.807) is 18.2 Å². The maximum Gasteiger partial charge on any atom is 0.307 e. The third kappa shape index (κ3) is 3.89. The molecular weight excluding hydrogens is 296 g/mol. The molecule has 2 atom stereocenters. The molecule has 0 saturated carbocycles. The van der Waals surface area contributed by atoms with Gasteiger partial charge in [-0.05, 0) is 38.0 Å². The van der Waals surface area contributed by atoms with Gasteiger partial charge in [0.25, 0.3) is 0 Å². The van der Waals surface area contributed by atoms with Gasteiger partial charge in [-0.25, -0.2) is 0 Å². The van der Waals surface area contributed by atoms with E-state index in [1.807, 2.05) is 19.1 Å². The molecule has 0 saturated heterocycles. The molecule has 0 heterocycles. The van der Waals surface area contributed by atoms with Crippen LogP contribution in [0.15, 0.2) is 30.4 Å².